The maximum absolute atomic E-state index is 14.3. The van der Waals surface area contributed by atoms with Crippen molar-refractivity contribution in [2.75, 3.05) is 11.5 Å². The summed E-state index contributed by atoms with van der Waals surface area (Å²) in [5.74, 6) is -1.75. The minimum Gasteiger partial charge on any atom is -0.383 e. The summed E-state index contributed by atoms with van der Waals surface area (Å²) in [7, 11) is 0. The Morgan fingerprint density at radius 2 is 0.925 bits per heavy atom. The van der Waals surface area contributed by atoms with E-state index in [2.05, 4.69) is 71.4 Å². The first kappa shape index (κ1) is 52.9. The summed E-state index contributed by atoms with van der Waals surface area (Å²) in [6.07, 6.45) is 8.32. The third-order valence-electron chi connectivity index (χ3n) is 13.2. The first-order valence-electron chi connectivity index (χ1n) is 24.9. The smallest absolute Gasteiger partial charge is 0.266 e. The fraction of sp³-hybridized carbons (Fsp3) is 0.214. The summed E-state index contributed by atoms with van der Waals surface area (Å²) < 4.78 is 62.3. The highest BCUT2D eigenvalue weighted by Crippen LogP contribution is 2.41. The largest absolute Gasteiger partial charge is 0.383 e. The van der Waals surface area contributed by atoms with Crippen molar-refractivity contribution in [1.29, 1.82) is 0 Å². The third kappa shape index (κ3) is 9.48. The number of pyridine rings is 2. The van der Waals surface area contributed by atoms with E-state index in [1.165, 1.54) is 96.0 Å². The number of nitrogen functional groups attached to an aromatic ring is 2. The second-order valence-corrected chi connectivity index (χ2v) is 23.0. The average Bonchev–Trinajstić information content (AvgIpc) is 4.43. The molecule has 0 spiro atoms. The Balaban J connectivity index is 0.000000169. The molecular formula is C56H48F4N16O2S2. The highest BCUT2D eigenvalue weighted by molar-refractivity contribution is 7.15. The van der Waals surface area contributed by atoms with E-state index in [-0.39, 0.29) is 44.9 Å². The molecule has 24 heteroatoms. The van der Waals surface area contributed by atoms with Crippen LogP contribution in [0.1, 0.15) is 88.9 Å². The molecule has 0 fully saturated rings. The van der Waals surface area contributed by atoms with Crippen molar-refractivity contribution >= 4 is 67.7 Å². The summed E-state index contributed by atoms with van der Waals surface area (Å²) in [4.78, 5) is 65.0. The van der Waals surface area contributed by atoms with E-state index >= 15 is 0 Å². The summed E-state index contributed by atoms with van der Waals surface area (Å²) in [5, 5.41) is 12.7. The second kappa shape index (κ2) is 19.9. The van der Waals surface area contributed by atoms with Gasteiger partial charge in [-0.3, -0.25) is 18.4 Å². The number of anilines is 2. The van der Waals surface area contributed by atoms with Gasteiger partial charge in [0.2, 0.25) is 0 Å². The predicted molar refractivity (Wildman–Crippen MR) is 300 cm³/mol. The van der Waals surface area contributed by atoms with E-state index in [1.807, 2.05) is 13.8 Å². The number of nitrogens with zero attached hydrogens (tertiary/aromatic N) is 14. The summed E-state index contributed by atoms with van der Waals surface area (Å²) in [5.41, 5.74) is 15.2. The quantitative estimate of drug-likeness (QED) is 0.135. The molecule has 0 unspecified atom stereocenters. The molecule has 10 heterocycles. The molecule has 80 heavy (non-hydrogen) atoms. The van der Waals surface area contributed by atoms with E-state index in [9.17, 15) is 27.2 Å². The van der Waals surface area contributed by atoms with E-state index in [4.69, 9.17) is 31.6 Å². The van der Waals surface area contributed by atoms with Gasteiger partial charge in [0.05, 0.1) is 65.1 Å². The molecule has 0 saturated carbocycles. The van der Waals surface area contributed by atoms with Gasteiger partial charge < -0.3 is 11.5 Å². The zero-order chi connectivity index (χ0) is 56.7. The zero-order valence-corrected chi connectivity index (χ0v) is 45.7. The first-order valence-corrected chi connectivity index (χ1v) is 26.5. The van der Waals surface area contributed by atoms with Crippen LogP contribution in [0.25, 0.3) is 76.8 Å². The number of fused-ring (bicyclic) bond motifs is 4. The van der Waals surface area contributed by atoms with Gasteiger partial charge in [-0.05, 0) is 73.5 Å². The van der Waals surface area contributed by atoms with Gasteiger partial charge in [-0.2, -0.15) is 10.2 Å². The average molecular weight is 1120 g/mol. The maximum atomic E-state index is 14.3. The third-order valence-corrected chi connectivity index (χ3v) is 16.0. The number of hydrogen-bond donors (Lipinski definition) is 2. The van der Waals surface area contributed by atoms with E-state index in [1.54, 1.807) is 33.9 Å². The van der Waals surface area contributed by atoms with Crippen molar-refractivity contribution in [2.24, 2.45) is 0 Å². The fourth-order valence-corrected chi connectivity index (χ4v) is 11.2. The minimum atomic E-state index is -0.665. The molecule has 0 bridgehead atoms. The van der Waals surface area contributed by atoms with Crippen LogP contribution >= 0.6 is 22.7 Å². The van der Waals surface area contributed by atoms with Gasteiger partial charge in [0, 0.05) is 35.6 Å². The lowest BCUT2D eigenvalue weighted by molar-refractivity contribution is 0.566. The van der Waals surface area contributed by atoms with Gasteiger partial charge in [0.1, 0.15) is 70.2 Å². The maximum Gasteiger partial charge on any atom is 0.266 e. The molecule has 2 aromatic carbocycles. The van der Waals surface area contributed by atoms with Crippen LogP contribution in [-0.2, 0) is 10.8 Å². The van der Waals surface area contributed by atoms with E-state index < -0.39 is 46.5 Å². The molecule has 12 rings (SSSR count). The minimum absolute atomic E-state index is 0.120. The van der Waals surface area contributed by atoms with Crippen LogP contribution in [0.2, 0.25) is 0 Å². The van der Waals surface area contributed by atoms with Crippen LogP contribution in [0.15, 0.2) is 120 Å². The molecule has 4 N–H and O–H groups in total. The van der Waals surface area contributed by atoms with Crippen LogP contribution in [0, 0.1) is 23.3 Å². The van der Waals surface area contributed by atoms with Crippen molar-refractivity contribution in [3.05, 3.63) is 176 Å². The van der Waals surface area contributed by atoms with Gasteiger partial charge in [-0.25, -0.2) is 66.8 Å². The van der Waals surface area contributed by atoms with Crippen molar-refractivity contribution in [2.45, 2.75) is 78.3 Å². The van der Waals surface area contributed by atoms with Crippen molar-refractivity contribution in [1.82, 2.24) is 68.2 Å². The lowest BCUT2D eigenvalue weighted by Gasteiger charge is -2.18. The number of halogens is 4. The number of aromatic nitrogens is 14. The number of nitrogens with two attached hydrogens (primary N) is 2. The van der Waals surface area contributed by atoms with Gasteiger partial charge in [0.15, 0.2) is 11.3 Å². The summed E-state index contributed by atoms with van der Waals surface area (Å²) in [6.45, 7) is 16.1. The SMILES string of the molecule is C[C@@H](c1nc2ccc(F)cn2c(=O)c1-c1cccc(F)c1)n1nc(-c2cnc(C(C)(C)C)s2)c2c(N)ncnc21.C[C@H](c1nc2ccc(F)cn2c(=O)c1-c1cccc(F)c1)n1nc(-c2cnc(C(C)(C)C)s2)c2c(N)ncnc21. The zero-order valence-electron chi connectivity index (χ0n) is 44.1. The van der Waals surface area contributed by atoms with Crippen LogP contribution in [0.4, 0.5) is 29.2 Å². The molecule has 0 aliphatic rings. The molecule has 0 amide bonds. The summed E-state index contributed by atoms with van der Waals surface area (Å²) >= 11 is 3.00. The van der Waals surface area contributed by atoms with Crippen LogP contribution < -0.4 is 22.6 Å². The fourth-order valence-electron chi connectivity index (χ4n) is 9.26. The molecule has 404 valence electrons. The van der Waals surface area contributed by atoms with E-state index in [0.717, 1.165) is 41.0 Å². The van der Waals surface area contributed by atoms with Crippen LogP contribution in [0.3, 0.4) is 0 Å². The number of rotatable bonds is 8. The molecule has 0 radical (unpaired) electrons. The monoisotopic (exact) mass is 1120 g/mol. The highest BCUT2D eigenvalue weighted by atomic mass is 32.1. The standard InChI is InChI=1S/2C28H24F2N8OS/c2*1-14(22-20(15-6-5-7-16(29)10-15)26(39)37-12-17(30)8-9-19(37)35-22)38-25-21(24(31)33-13-34-25)23(36-38)18-11-32-27(40-18)28(2,3)4/h2*5-14H,1-4H3,(H2,31,33,34)/t2*14-/m10/s1. The molecule has 18 nitrogen and oxygen atoms in total. The Labute approximate surface area is 460 Å². The molecule has 0 aliphatic carbocycles. The van der Waals surface area contributed by atoms with Gasteiger partial charge in [0.25, 0.3) is 11.1 Å². The van der Waals surface area contributed by atoms with Crippen molar-refractivity contribution in [3.63, 3.8) is 0 Å². The Bertz CT molecular complexity index is 4260. The topological polar surface area (TPSA) is 234 Å². The molecule has 0 aliphatic heterocycles. The number of thiazole rings is 2. The number of benzene rings is 2. The Kier molecular flexibility index (Phi) is 13.2. The molecule has 12 aromatic rings. The lowest BCUT2D eigenvalue weighted by Crippen LogP contribution is -2.23. The molecule has 2 atom stereocenters. The Hall–Kier alpha value is -9.16. The summed E-state index contributed by atoms with van der Waals surface area (Å²) in [6, 6.07) is 15.3. The first-order chi connectivity index (χ1) is 38.0. The van der Waals surface area contributed by atoms with Crippen LogP contribution in [0.5, 0.6) is 0 Å². The molecule has 10 aromatic heterocycles. The predicted octanol–water partition coefficient (Wildman–Crippen LogP) is 10.8. The van der Waals surface area contributed by atoms with Gasteiger partial charge >= 0.3 is 0 Å². The Morgan fingerprint density at radius 1 is 0.525 bits per heavy atom. The van der Waals surface area contributed by atoms with Crippen molar-refractivity contribution < 1.29 is 17.6 Å². The lowest BCUT2D eigenvalue weighted by atomic mass is 9.98. The van der Waals surface area contributed by atoms with Gasteiger partial charge in [-0.15, -0.1) is 22.7 Å². The Morgan fingerprint density at radius 3 is 1.29 bits per heavy atom. The van der Waals surface area contributed by atoms with Crippen molar-refractivity contribution in [3.8, 4) is 43.4 Å². The normalized spacial score (nSPS) is 12.8. The van der Waals surface area contributed by atoms with Gasteiger partial charge in [-0.1, -0.05) is 65.8 Å². The van der Waals surface area contributed by atoms with E-state index in [0.29, 0.717) is 56.0 Å². The molecule has 0 saturated heterocycles. The van der Waals surface area contributed by atoms with Crippen LogP contribution in [-0.4, -0.2) is 68.2 Å². The number of hydrogen-bond acceptors (Lipinski definition) is 16. The highest BCUT2D eigenvalue weighted by Gasteiger charge is 2.31. The second-order valence-electron chi connectivity index (χ2n) is 20.9. The molecular weight excluding hydrogens is 1070 g/mol.